The zero-order valence-corrected chi connectivity index (χ0v) is 18.0. The standard InChI is InChI=1S/C19H27F3N4O.2ClH/c1-18(23)9-3-2-4-15(18)17(27)25-14-7-10-26(11-8-14)16-6-5-13(12-24-16)19(20,21)22;;/h5-6,12,14-15H,2-4,7-11,23H2,1H3,(H,25,27);2*1H. The Morgan fingerprint density at radius 2 is 1.86 bits per heavy atom. The summed E-state index contributed by atoms with van der Waals surface area (Å²) in [4.78, 5) is 18.5. The highest BCUT2D eigenvalue weighted by Gasteiger charge is 2.38. The first-order chi connectivity index (χ1) is 12.7. The third-order valence-corrected chi connectivity index (χ3v) is 5.81. The number of aromatic nitrogens is 1. The van der Waals surface area contributed by atoms with Crippen LogP contribution in [0.2, 0.25) is 0 Å². The van der Waals surface area contributed by atoms with Gasteiger partial charge in [0.1, 0.15) is 5.82 Å². The van der Waals surface area contributed by atoms with Gasteiger partial charge in [0.25, 0.3) is 0 Å². The monoisotopic (exact) mass is 456 g/mol. The molecule has 3 rings (SSSR count). The van der Waals surface area contributed by atoms with Crippen molar-refractivity contribution in [3.63, 3.8) is 0 Å². The average molecular weight is 457 g/mol. The van der Waals surface area contributed by atoms with Gasteiger partial charge >= 0.3 is 6.18 Å². The molecule has 0 spiro atoms. The van der Waals surface area contributed by atoms with Gasteiger partial charge in [0.15, 0.2) is 0 Å². The molecule has 1 aliphatic carbocycles. The normalized spacial score (nSPS) is 25.6. The van der Waals surface area contributed by atoms with Gasteiger partial charge in [0, 0.05) is 30.9 Å². The number of nitrogens with one attached hydrogen (secondary N) is 1. The second kappa shape index (κ2) is 10.2. The zero-order chi connectivity index (χ0) is 19.7. The Morgan fingerprint density at radius 1 is 1.21 bits per heavy atom. The van der Waals surface area contributed by atoms with Crippen LogP contribution in [-0.2, 0) is 11.0 Å². The van der Waals surface area contributed by atoms with E-state index in [0.717, 1.165) is 50.8 Å². The van der Waals surface area contributed by atoms with Crippen molar-refractivity contribution in [2.45, 2.75) is 63.2 Å². The molecular formula is C19H29Cl2F3N4O. The van der Waals surface area contributed by atoms with Crippen molar-refractivity contribution < 1.29 is 18.0 Å². The SMILES string of the molecule is CC1(N)CCCCC1C(=O)NC1CCN(c2ccc(C(F)(F)F)cn2)CC1.Cl.Cl. The minimum absolute atomic E-state index is 0. The lowest BCUT2D eigenvalue weighted by molar-refractivity contribution is -0.137. The smallest absolute Gasteiger partial charge is 0.356 e. The Balaban J connectivity index is 0.00000210. The van der Waals surface area contributed by atoms with Crippen molar-refractivity contribution >= 4 is 36.5 Å². The average Bonchev–Trinajstić information content (AvgIpc) is 2.61. The van der Waals surface area contributed by atoms with E-state index >= 15 is 0 Å². The first-order valence-corrected chi connectivity index (χ1v) is 9.54. The van der Waals surface area contributed by atoms with Gasteiger partial charge in [-0.25, -0.2) is 4.98 Å². The first kappa shape index (κ1) is 25.8. The van der Waals surface area contributed by atoms with Gasteiger partial charge in [-0.3, -0.25) is 4.79 Å². The number of carbonyl (C=O) groups is 1. The predicted octanol–water partition coefficient (Wildman–Crippen LogP) is 3.94. The van der Waals surface area contributed by atoms with Gasteiger partial charge in [-0.05, 0) is 44.7 Å². The molecule has 1 saturated heterocycles. The van der Waals surface area contributed by atoms with E-state index in [1.54, 1.807) is 0 Å². The number of nitrogens with zero attached hydrogens (tertiary/aromatic N) is 2. The number of carbonyl (C=O) groups excluding carboxylic acids is 1. The second-order valence-corrected chi connectivity index (χ2v) is 7.98. The Morgan fingerprint density at radius 3 is 2.38 bits per heavy atom. The number of rotatable bonds is 3. The molecule has 10 heteroatoms. The maximum absolute atomic E-state index is 12.6. The Bertz CT molecular complexity index is 662. The third-order valence-electron chi connectivity index (χ3n) is 5.81. The van der Waals surface area contributed by atoms with E-state index in [-0.39, 0.29) is 42.7 Å². The van der Waals surface area contributed by atoms with Crippen LogP contribution >= 0.6 is 24.8 Å². The summed E-state index contributed by atoms with van der Waals surface area (Å²) < 4.78 is 37.9. The summed E-state index contributed by atoms with van der Waals surface area (Å²) in [5, 5.41) is 3.13. The molecule has 1 aromatic rings. The van der Waals surface area contributed by atoms with Crippen LogP contribution in [0.3, 0.4) is 0 Å². The highest BCUT2D eigenvalue weighted by atomic mass is 35.5. The molecule has 1 saturated carbocycles. The largest absolute Gasteiger partial charge is 0.417 e. The summed E-state index contributed by atoms with van der Waals surface area (Å²) in [6.07, 6.45) is 1.76. The van der Waals surface area contributed by atoms with E-state index < -0.39 is 17.3 Å². The zero-order valence-electron chi connectivity index (χ0n) is 16.4. The second-order valence-electron chi connectivity index (χ2n) is 7.98. The van der Waals surface area contributed by atoms with E-state index in [4.69, 9.17) is 5.73 Å². The Hall–Kier alpha value is -1.25. The molecule has 0 radical (unpaired) electrons. The first-order valence-electron chi connectivity index (χ1n) is 9.54. The number of halogens is 5. The van der Waals surface area contributed by atoms with E-state index in [9.17, 15) is 18.0 Å². The summed E-state index contributed by atoms with van der Waals surface area (Å²) in [5.74, 6) is 0.418. The fourth-order valence-electron chi connectivity index (χ4n) is 4.08. The van der Waals surface area contributed by atoms with Crippen LogP contribution in [0, 0.1) is 5.92 Å². The Labute approximate surface area is 181 Å². The number of hydrogen-bond acceptors (Lipinski definition) is 4. The lowest BCUT2D eigenvalue weighted by Crippen LogP contribution is -2.55. The van der Waals surface area contributed by atoms with Crippen LogP contribution in [0.4, 0.5) is 19.0 Å². The maximum Gasteiger partial charge on any atom is 0.417 e. The number of amides is 1. The van der Waals surface area contributed by atoms with Gasteiger partial charge in [-0.15, -0.1) is 24.8 Å². The van der Waals surface area contributed by atoms with Crippen molar-refractivity contribution in [2.24, 2.45) is 11.7 Å². The third kappa shape index (κ3) is 6.36. The van der Waals surface area contributed by atoms with Gasteiger partial charge in [0.05, 0.1) is 11.5 Å². The lowest BCUT2D eigenvalue weighted by atomic mass is 9.74. The molecule has 2 unspecified atom stereocenters. The topological polar surface area (TPSA) is 71.2 Å². The Kier molecular flexibility index (Phi) is 9.05. The lowest BCUT2D eigenvalue weighted by Gasteiger charge is -2.39. The van der Waals surface area contributed by atoms with Gasteiger partial charge in [-0.2, -0.15) is 13.2 Å². The number of alkyl halides is 3. The maximum atomic E-state index is 12.6. The quantitative estimate of drug-likeness (QED) is 0.722. The molecule has 3 N–H and O–H groups in total. The van der Waals surface area contributed by atoms with E-state index in [0.29, 0.717) is 18.9 Å². The van der Waals surface area contributed by atoms with Crippen LogP contribution < -0.4 is 16.0 Å². The van der Waals surface area contributed by atoms with Crippen LogP contribution in [-0.4, -0.2) is 35.6 Å². The molecule has 2 heterocycles. The van der Waals surface area contributed by atoms with Crippen molar-refractivity contribution in [1.29, 1.82) is 0 Å². The predicted molar refractivity (Wildman–Crippen MR) is 112 cm³/mol. The van der Waals surface area contributed by atoms with E-state index in [1.807, 2.05) is 11.8 Å². The fraction of sp³-hybridized carbons (Fsp3) is 0.684. The highest BCUT2D eigenvalue weighted by molar-refractivity contribution is 5.85. The minimum atomic E-state index is -4.38. The molecule has 0 aromatic carbocycles. The summed E-state index contributed by atoms with van der Waals surface area (Å²) in [6, 6.07) is 2.53. The summed E-state index contributed by atoms with van der Waals surface area (Å²) in [7, 11) is 0. The van der Waals surface area contributed by atoms with Crippen molar-refractivity contribution in [2.75, 3.05) is 18.0 Å². The minimum Gasteiger partial charge on any atom is -0.356 e. The molecule has 0 bridgehead atoms. The van der Waals surface area contributed by atoms with E-state index in [2.05, 4.69) is 10.3 Å². The molecule has 1 aliphatic heterocycles. The molecule has 1 amide bonds. The summed E-state index contributed by atoms with van der Waals surface area (Å²) in [5.41, 5.74) is 5.12. The fourth-order valence-corrected chi connectivity index (χ4v) is 4.08. The molecule has 2 aliphatic rings. The number of piperidine rings is 1. The number of anilines is 1. The van der Waals surface area contributed by atoms with Crippen molar-refractivity contribution in [3.8, 4) is 0 Å². The number of hydrogen-bond donors (Lipinski definition) is 2. The molecule has 166 valence electrons. The van der Waals surface area contributed by atoms with Crippen molar-refractivity contribution in [1.82, 2.24) is 10.3 Å². The van der Waals surface area contributed by atoms with Crippen LogP contribution in [0.15, 0.2) is 18.3 Å². The van der Waals surface area contributed by atoms with Crippen molar-refractivity contribution in [3.05, 3.63) is 23.9 Å². The summed E-state index contributed by atoms with van der Waals surface area (Å²) >= 11 is 0. The molecule has 5 nitrogen and oxygen atoms in total. The van der Waals surface area contributed by atoms with Gasteiger partial charge < -0.3 is 16.0 Å². The van der Waals surface area contributed by atoms with Crippen LogP contribution in [0.5, 0.6) is 0 Å². The van der Waals surface area contributed by atoms with Gasteiger partial charge in [-0.1, -0.05) is 12.8 Å². The molecule has 2 atom stereocenters. The molecular weight excluding hydrogens is 428 g/mol. The van der Waals surface area contributed by atoms with Gasteiger partial charge in [0.2, 0.25) is 5.91 Å². The van der Waals surface area contributed by atoms with Crippen LogP contribution in [0.25, 0.3) is 0 Å². The number of pyridine rings is 1. The molecule has 2 fully saturated rings. The highest BCUT2D eigenvalue weighted by Crippen LogP contribution is 2.32. The molecule has 29 heavy (non-hydrogen) atoms. The van der Waals surface area contributed by atoms with Crippen LogP contribution in [0.1, 0.15) is 51.0 Å². The van der Waals surface area contributed by atoms with E-state index in [1.165, 1.54) is 6.07 Å². The number of nitrogens with two attached hydrogens (primary N) is 1. The summed E-state index contributed by atoms with van der Waals surface area (Å²) in [6.45, 7) is 3.25. The molecule has 1 aromatic heterocycles.